The molecular formula is C22H25N3O3S2. The Morgan fingerprint density at radius 2 is 1.70 bits per heavy atom. The number of fused-ring (bicyclic) bond motifs is 1. The summed E-state index contributed by atoms with van der Waals surface area (Å²) in [5, 5.41) is 1.02. The third-order valence-corrected chi connectivity index (χ3v) is 7.89. The molecule has 1 aliphatic heterocycles. The minimum Gasteiger partial charge on any atom is -0.345 e. The highest BCUT2D eigenvalue weighted by Crippen LogP contribution is 2.32. The number of hydrogen-bond acceptors (Lipinski definition) is 6. The van der Waals surface area contributed by atoms with Crippen molar-refractivity contribution in [2.75, 3.05) is 37.3 Å². The van der Waals surface area contributed by atoms with Gasteiger partial charge in [-0.05, 0) is 48.7 Å². The van der Waals surface area contributed by atoms with E-state index < -0.39 is 9.84 Å². The van der Waals surface area contributed by atoms with Crippen LogP contribution in [0.1, 0.15) is 16.7 Å². The number of nitrogens with zero attached hydrogens (tertiary/aromatic N) is 3. The van der Waals surface area contributed by atoms with E-state index in [1.807, 2.05) is 4.90 Å². The Bertz CT molecular complexity index is 1190. The lowest BCUT2D eigenvalue weighted by Gasteiger charge is -2.34. The number of sulfone groups is 1. The molecule has 4 rings (SSSR count). The van der Waals surface area contributed by atoms with Crippen molar-refractivity contribution in [3.8, 4) is 0 Å². The molecule has 1 amide bonds. The van der Waals surface area contributed by atoms with Gasteiger partial charge in [0.1, 0.15) is 0 Å². The average Bonchev–Trinajstić information content (AvgIpc) is 3.16. The third-order valence-electron chi connectivity index (χ3n) is 5.68. The quantitative estimate of drug-likeness (QED) is 0.619. The highest BCUT2D eigenvalue weighted by atomic mass is 32.2. The molecule has 1 fully saturated rings. The summed E-state index contributed by atoms with van der Waals surface area (Å²) in [6.45, 7) is 7.06. The van der Waals surface area contributed by atoms with Gasteiger partial charge in [-0.2, -0.15) is 0 Å². The van der Waals surface area contributed by atoms with Crippen LogP contribution >= 0.6 is 11.3 Å². The molecule has 0 saturated carbocycles. The first-order chi connectivity index (χ1) is 14.2. The van der Waals surface area contributed by atoms with E-state index in [1.54, 1.807) is 35.6 Å². The van der Waals surface area contributed by atoms with Crippen molar-refractivity contribution >= 4 is 42.4 Å². The molecule has 1 saturated heterocycles. The molecule has 1 aliphatic rings. The Labute approximate surface area is 181 Å². The zero-order valence-corrected chi connectivity index (χ0v) is 19.0. The Balaban J connectivity index is 1.38. The number of carbonyl (C=O) groups excluding carboxylic acids is 1. The topological polar surface area (TPSA) is 70.6 Å². The van der Waals surface area contributed by atoms with Gasteiger partial charge in [0.05, 0.1) is 21.5 Å². The van der Waals surface area contributed by atoms with Crippen LogP contribution < -0.4 is 4.90 Å². The van der Waals surface area contributed by atoms with Crippen molar-refractivity contribution in [3.05, 3.63) is 53.1 Å². The minimum absolute atomic E-state index is 0.0672. The van der Waals surface area contributed by atoms with Crippen LogP contribution in [0.3, 0.4) is 0 Å². The molecular weight excluding hydrogens is 418 g/mol. The summed E-state index contributed by atoms with van der Waals surface area (Å²) >= 11 is 1.70. The zero-order valence-electron chi connectivity index (χ0n) is 17.4. The number of carbonyl (C=O) groups is 1. The molecule has 3 aromatic rings. The average molecular weight is 444 g/mol. The number of thiazole rings is 1. The van der Waals surface area contributed by atoms with Gasteiger partial charge in [-0.3, -0.25) is 4.79 Å². The molecule has 8 heteroatoms. The normalized spacial score (nSPS) is 15.0. The lowest BCUT2D eigenvalue weighted by molar-refractivity contribution is -0.130. The molecule has 30 heavy (non-hydrogen) atoms. The number of benzene rings is 2. The highest BCUT2D eigenvalue weighted by molar-refractivity contribution is 7.90. The van der Waals surface area contributed by atoms with Crippen molar-refractivity contribution in [1.29, 1.82) is 0 Å². The maximum Gasteiger partial charge on any atom is 0.227 e. The maximum absolute atomic E-state index is 12.7. The van der Waals surface area contributed by atoms with E-state index in [2.05, 4.69) is 30.9 Å². The van der Waals surface area contributed by atoms with E-state index in [-0.39, 0.29) is 17.2 Å². The smallest absolute Gasteiger partial charge is 0.227 e. The second kappa shape index (κ2) is 8.00. The zero-order chi connectivity index (χ0) is 21.5. The van der Waals surface area contributed by atoms with Crippen LogP contribution in [-0.2, 0) is 21.1 Å². The highest BCUT2D eigenvalue weighted by Gasteiger charge is 2.23. The van der Waals surface area contributed by atoms with Crippen LogP contribution in [0.2, 0.25) is 0 Å². The molecule has 0 atom stereocenters. The third kappa shape index (κ3) is 4.20. The largest absolute Gasteiger partial charge is 0.345 e. The van der Waals surface area contributed by atoms with Crippen LogP contribution in [0.4, 0.5) is 5.13 Å². The molecule has 0 radical (unpaired) electrons. The van der Waals surface area contributed by atoms with Gasteiger partial charge in [-0.1, -0.05) is 29.5 Å². The van der Waals surface area contributed by atoms with Crippen LogP contribution in [0.25, 0.3) is 10.2 Å². The van der Waals surface area contributed by atoms with Gasteiger partial charge in [0.2, 0.25) is 5.91 Å². The molecule has 0 aliphatic carbocycles. The van der Waals surface area contributed by atoms with Gasteiger partial charge >= 0.3 is 0 Å². The molecule has 2 heterocycles. The lowest BCUT2D eigenvalue weighted by atomic mass is 10.1. The summed E-state index contributed by atoms with van der Waals surface area (Å²) in [5.41, 5.74) is 4.38. The van der Waals surface area contributed by atoms with Gasteiger partial charge < -0.3 is 9.80 Å². The lowest BCUT2D eigenvalue weighted by Crippen LogP contribution is -2.49. The summed E-state index contributed by atoms with van der Waals surface area (Å²) in [5.74, 6) is 0.0672. The van der Waals surface area contributed by atoms with Gasteiger partial charge in [-0.15, -0.1) is 0 Å². The Hall–Kier alpha value is -2.45. The van der Waals surface area contributed by atoms with E-state index >= 15 is 0 Å². The minimum atomic E-state index is -3.22. The Morgan fingerprint density at radius 3 is 2.33 bits per heavy atom. The van der Waals surface area contributed by atoms with E-state index in [4.69, 9.17) is 4.98 Å². The summed E-state index contributed by atoms with van der Waals surface area (Å²) in [6, 6.07) is 10.8. The van der Waals surface area contributed by atoms with Crippen LogP contribution in [0.15, 0.2) is 41.3 Å². The fraction of sp³-hybridized carbons (Fsp3) is 0.364. The summed E-state index contributed by atoms with van der Waals surface area (Å²) < 4.78 is 24.3. The first kappa shape index (κ1) is 20.8. The van der Waals surface area contributed by atoms with Crippen LogP contribution in [0.5, 0.6) is 0 Å². The number of amides is 1. The first-order valence-electron chi connectivity index (χ1n) is 9.91. The van der Waals surface area contributed by atoms with Crippen molar-refractivity contribution in [1.82, 2.24) is 9.88 Å². The van der Waals surface area contributed by atoms with E-state index in [1.165, 1.54) is 22.1 Å². The summed E-state index contributed by atoms with van der Waals surface area (Å²) in [6.07, 6.45) is 1.46. The second-order valence-corrected chi connectivity index (χ2v) is 10.8. The summed E-state index contributed by atoms with van der Waals surface area (Å²) in [7, 11) is -3.22. The second-order valence-electron chi connectivity index (χ2n) is 7.81. The number of aromatic nitrogens is 1. The predicted octanol–water partition coefficient (Wildman–Crippen LogP) is 3.21. The standard InChI is InChI=1S/C22H25N3O3S2/c1-15-4-9-19-21(16(15)2)23-22(29-19)25-12-10-24(11-13-25)20(26)14-17-5-7-18(8-6-17)30(3,27)28/h4-9H,10-14H2,1-3H3. The number of anilines is 1. The first-order valence-corrected chi connectivity index (χ1v) is 12.6. The number of rotatable bonds is 4. The van der Waals surface area contributed by atoms with Gasteiger partial charge in [0.25, 0.3) is 0 Å². The Kier molecular flexibility index (Phi) is 5.55. The van der Waals surface area contributed by atoms with Crippen LogP contribution in [0, 0.1) is 13.8 Å². The fourth-order valence-electron chi connectivity index (χ4n) is 3.64. The number of aryl methyl sites for hydroxylation is 2. The molecule has 158 valence electrons. The number of piperazine rings is 1. The van der Waals surface area contributed by atoms with Gasteiger partial charge in [0.15, 0.2) is 15.0 Å². The molecule has 0 N–H and O–H groups in total. The Morgan fingerprint density at radius 1 is 1.03 bits per heavy atom. The van der Waals surface area contributed by atoms with Crippen molar-refractivity contribution in [2.24, 2.45) is 0 Å². The van der Waals surface area contributed by atoms with Crippen molar-refractivity contribution in [2.45, 2.75) is 25.2 Å². The molecule has 6 nitrogen and oxygen atoms in total. The maximum atomic E-state index is 12.7. The SMILES string of the molecule is Cc1ccc2sc(N3CCN(C(=O)Cc4ccc(S(C)(=O)=O)cc4)CC3)nc2c1C. The van der Waals surface area contributed by atoms with E-state index in [0.29, 0.717) is 13.1 Å². The van der Waals surface area contributed by atoms with E-state index in [0.717, 1.165) is 29.3 Å². The van der Waals surface area contributed by atoms with Gasteiger partial charge in [0, 0.05) is 32.4 Å². The monoisotopic (exact) mass is 443 g/mol. The predicted molar refractivity (Wildman–Crippen MR) is 121 cm³/mol. The van der Waals surface area contributed by atoms with E-state index in [9.17, 15) is 13.2 Å². The molecule has 0 bridgehead atoms. The molecule has 0 spiro atoms. The number of hydrogen-bond donors (Lipinski definition) is 0. The van der Waals surface area contributed by atoms with Gasteiger partial charge in [-0.25, -0.2) is 13.4 Å². The van der Waals surface area contributed by atoms with Crippen LogP contribution in [-0.4, -0.2) is 56.6 Å². The van der Waals surface area contributed by atoms with Crippen molar-refractivity contribution in [3.63, 3.8) is 0 Å². The molecule has 0 unspecified atom stereocenters. The van der Waals surface area contributed by atoms with Crippen molar-refractivity contribution < 1.29 is 13.2 Å². The molecule has 2 aromatic carbocycles. The fourth-order valence-corrected chi connectivity index (χ4v) is 5.34. The summed E-state index contributed by atoms with van der Waals surface area (Å²) in [4.78, 5) is 22.0. The molecule has 1 aromatic heterocycles.